The molecule has 4 heteroatoms. The van der Waals surface area contributed by atoms with E-state index in [-0.39, 0.29) is 0 Å². The summed E-state index contributed by atoms with van der Waals surface area (Å²) in [6.07, 6.45) is 0.725. The van der Waals surface area contributed by atoms with Crippen LogP contribution >= 0.6 is 0 Å². The topological polar surface area (TPSA) is 43.6 Å². The molecule has 0 aliphatic carbocycles. The molecule has 2 aromatic carbocycles. The van der Waals surface area contributed by atoms with E-state index in [9.17, 15) is 0 Å². The molecule has 0 saturated carbocycles. The van der Waals surface area contributed by atoms with E-state index in [0.29, 0.717) is 0 Å². The SMILES string of the molecule is c1ccc(Cc2nnnn2-c2ccccc2)cc1. The monoisotopic (exact) mass is 236 g/mol. The Labute approximate surface area is 105 Å². The molecule has 0 aliphatic rings. The van der Waals surface area contributed by atoms with Crippen LogP contribution in [0.5, 0.6) is 0 Å². The molecule has 0 N–H and O–H groups in total. The van der Waals surface area contributed by atoms with Crippen LogP contribution in [0.3, 0.4) is 0 Å². The van der Waals surface area contributed by atoms with Gasteiger partial charge < -0.3 is 0 Å². The summed E-state index contributed by atoms with van der Waals surface area (Å²) in [6.45, 7) is 0. The summed E-state index contributed by atoms with van der Waals surface area (Å²) in [7, 11) is 0. The number of nitrogens with zero attached hydrogens (tertiary/aromatic N) is 4. The van der Waals surface area contributed by atoms with Crippen molar-refractivity contribution in [2.24, 2.45) is 0 Å². The third kappa shape index (κ3) is 2.13. The van der Waals surface area contributed by atoms with E-state index < -0.39 is 0 Å². The fraction of sp³-hybridized carbons (Fsp3) is 0.0714. The van der Waals surface area contributed by atoms with Gasteiger partial charge in [-0.05, 0) is 28.1 Å². The summed E-state index contributed by atoms with van der Waals surface area (Å²) in [5.74, 6) is 0.840. The Kier molecular flexibility index (Phi) is 2.84. The zero-order valence-electron chi connectivity index (χ0n) is 9.77. The molecule has 0 unspecified atom stereocenters. The summed E-state index contributed by atoms with van der Waals surface area (Å²) < 4.78 is 1.77. The maximum absolute atomic E-state index is 4.09. The Morgan fingerprint density at radius 3 is 2.22 bits per heavy atom. The normalized spacial score (nSPS) is 10.4. The van der Waals surface area contributed by atoms with Crippen molar-refractivity contribution >= 4 is 0 Å². The number of rotatable bonds is 3. The average molecular weight is 236 g/mol. The largest absolute Gasteiger partial charge is 0.197 e. The summed E-state index contributed by atoms with van der Waals surface area (Å²) in [5.41, 5.74) is 2.18. The molecule has 3 rings (SSSR count). The van der Waals surface area contributed by atoms with Gasteiger partial charge in [0, 0.05) is 6.42 Å². The van der Waals surface area contributed by atoms with Crippen LogP contribution in [0.25, 0.3) is 5.69 Å². The van der Waals surface area contributed by atoms with Gasteiger partial charge >= 0.3 is 0 Å². The highest BCUT2D eigenvalue weighted by Crippen LogP contribution is 2.11. The molecule has 0 radical (unpaired) electrons. The molecule has 1 aromatic heterocycles. The van der Waals surface area contributed by atoms with Gasteiger partial charge in [0.25, 0.3) is 0 Å². The second kappa shape index (κ2) is 4.79. The lowest BCUT2D eigenvalue weighted by molar-refractivity contribution is 0.771. The van der Waals surface area contributed by atoms with Gasteiger partial charge in [-0.2, -0.15) is 4.68 Å². The van der Waals surface area contributed by atoms with Gasteiger partial charge in [0.05, 0.1) is 5.69 Å². The summed E-state index contributed by atoms with van der Waals surface area (Å²) >= 11 is 0. The lowest BCUT2D eigenvalue weighted by Crippen LogP contribution is -2.03. The van der Waals surface area contributed by atoms with Gasteiger partial charge in [0.15, 0.2) is 5.82 Å². The van der Waals surface area contributed by atoms with Crippen LogP contribution in [0.2, 0.25) is 0 Å². The number of aromatic nitrogens is 4. The van der Waals surface area contributed by atoms with Crippen LogP contribution in [0.4, 0.5) is 0 Å². The third-order valence-electron chi connectivity index (χ3n) is 2.74. The fourth-order valence-electron chi connectivity index (χ4n) is 1.86. The van der Waals surface area contributed by atoms with Crippen molar-refractivity contribution in [2.45, 2.75) is 6.42 Å². The van der Waals surface area contributed by atoms with Crippen molar-refractivity contribution in [1.82, 2.24) is 20.2 Å². The summed E-state index contributed by atoms with van der Waals surface area (Å²) in [4.78, 5) is 0. The Morgan fingerprint density at radius 2 is 1.50 bits per heavy atom. The van der Waals surface area contributed by atoms with E-state index in [1.54, 1.807) is 4.68 Å². The van der Waals surface area contributed by atoms with Crippen LogP contribution < -0.4 is 0 Å². The molecule has 88 valence electrons. The Hall–Kier alpha value is -2.49. The van der Waals surface area contributed by atoms with Crippen LogP contribution in [0, 0.1) is 0 Å². The van der Waals surface area contributed by atoms with Crippen molar-refractivity contribution in [3.63, 3.8) is 0 Å². The molecule has 3 aromatic rings. The number of para-hydroxylation sites is 1. The van der Waals surface area contributed by atoms with Gasteiger partial charge in [0.2, 0.25) is 0 Å². The van der Waals surface area contributed by atoms with Crippen molar-refractivity contribution in [3.8, 4) is 5.69 Å². The lowest BCUT2D eigenvalue weighted by atomic mass is 10.1. The molecule has 0 fully saturated rings. The molecule has 1 heterocycles. The summed E-state index contributed by atoms with van der Waals surface area (Å²) in [6, 6.07) is 20.1. The highest BCUT2D eigenvalue weighted by Gasteiger charge is 2.08. The first-order valence-electron chi connectivity index (χ1n) is 5.80. The Morgan fingerprint density at radius 1 is 0.833 bits per heavy atom. The maximum Gasteiger partial charge on any atom is 0.161 e. The van der Waals surface area contributed by atoms with E-state index in [1.807, 2.05) is 48.5 Å². The van der Waals surface area contributed by atoms with Crippen molar-refractivity contribution < 1.29 is 0 Å². The third-order valence-corrected chi connectivity index (χ3v) is 2.74. The van der Waals surface area contributed by atoms with Crippen LogP contribution in [-0.2, 0) is 6.42 Å². The second-order valence-corrected chi connectivity index (χ2v) is 4.00. The minimum atomic E-state index is 0.725. The van der Waals surface area contributed by atoms with Crippen molar-refractivity contribution in [2.75, 3.05) is 0 Å². The van der Waals surface area contributed by atoms with Crippen LogP contribution in [0.15, 0.2) is 60.7 Å². The molecule has 0 spiro atoms. The fourth-order valence-corrected chi connectivity index (χ4v) is 1.86. The number of hydrogen-bond donors (Lipinski definition) is 0. The van der Waals surface area contributed by atoms with E-state index in [4.69, 9.17) is 0 Å². The Bertz CT molecular complexity index is 617. The van der Waals surface area contributed by atoms with Crippen LogP contribution in [0.1, 0.15) is 11.4 Å². The summed E-state index contributed by atoms with van der Waals surface area (Å²) in [5, 5.41) is 11.9. The molecule has 0 amide bonds. The van der Waals surface area contributed by atoms with Gasteiger partial charge in [0.1, 0.15) is 0 Å². The van der Waals surface area contributed by atoms with Gasteiger partial charge in [-0.1, -0.05) is 48.5 Å². The Balaban J connectivity index is 1.93. The van der Waals surface area contributed by atoms with Gasteiger partial charge in [-0.25, -0.2) is 0 Å². The molecule has 4 nitrogen and oxygen atoms in total. The van der Waals surface area contributed by atoms with E-state index in [1.165, 1.54) is 5.56 Å². The predicted molar refractivity (Wildman–Crippen MR) is 68.4 cm³/mol. The van der Waals surface area contributed by atoms with Crippen molar-refractivity contribution in [3.05, 3.63) is 72.1 Å². The lowest BCUT2D eigenvalue weighted by Gasteiger charge is -2.04. The number of tetrazole rings is 1. The van der Waals surface area contributed by atoms with E-state index in [2.05, 4.69) is 27.7 Å². The molecular weight excluding hydrogens is 224 g/mol. The zero-order chi connectivity index (χ0) is 12.2. The van der Waals surface area contributed by atoms with Crippen LogP contribution in [-0.4, -0.2) is 20.2 Å². The smallest absolute Gasteiger partial charge is 0.161 e. The molecule has 0 aliphatic heterocycles. The quantitative estimate of drug-likeness (QED) is 0.700. The molecule has 0 saturated heterocycles. The first-order chi connectivity index (χ1) is 8.93. The molecule has 0 bridgehead atoms. The van der Waals surface area contributed by atoms with Gasteiger partial charge in [-0.15, -0.1) is 5.10 Å². The molecular formula is C14H12N4. The highest BCUT2D eigenvalue weighted by atomic mass is 15.5. The van der Waals surface area contributed by atoms with Gasteiger partial charge in [-0.3, -0.25) is 0 Å². The highest BCUT2D eigenvalue weighted by molar-refractivity contribution is 5.31. The first kappa shape index (κ1) is 10.7. The second-order valence-electron chi connectivity index (χ2n) is 4.00. The molecule has 0 atom stereocenters. The number of benzene rings is 2. The maximum atomic E-state index is 4.09. The van der Waals surface area contributed by atoms with Crippen molar-refractivity contribution in [1.29, 1.82) is 0 Å². The predicted octanol–water partition coefficient (Wildman–Crippen LogP) is 2.25. The number of hydrogen-bond acceptors (Lipinski definition) is 3. The average Bonchev–Trinajstić information content (AvgIpc) is 2.89. The molecule has 18 heavy (non-hydrogen) atoms. The van der Waals surface area contributed by atoms with E-state index >= 15 is 0 Å². The standard InChI is InChI=1S/C14H12N4/c1-3-7-12(8-4-1)11-14-15-16-17-18(14)13-9-5-2-6-10-13/h1-10H,11H2. The first-order valence-corrected chi connectivity index (χ1v) is 5.80. The van der Waals surface area contributed by atoms with E-state index in [0.717, 1.165) is 17.9 Å². The minimum Gasteiger partial charge on any atom is -0.197 e. The zero-order valence-corrected chi connectivity index (χ0v) is 9.77. The minimum absolute atomic E-state index is 0.725.